The standard InChI is InChI=1S/C18H44N2O2S2Si2/c1-19(2)11-13-21-25(5,6)17-9-15-23-24-16-10-18-26(7,8)22-14-12-20(3)4/h9-18H2,1-8H3. The number of likely N-dealkylation sites (N-methyl/N-ethyl adjacent to an activating group) is 2. The summed E-state index contributed by atoms with van der Waals surface area (Å²) in [6.07, 6.45) is 2.57. The van der Waals surface area contributed by atoms with Crippen molar-refractivity contribution >= 4 is 38.2 Å². The van der Waals surface area contributed by atoms with Crippen LogP contribution in [0.4, 0.5) is 0 Å². The highest BCUT2D eigenvalue weighted by Crippen LogP contribution is 2.27. The van der Waals surface area contributed by atoms with Crippen molar-refractivity contribution in [3.05, 3.63) is 0 Å². The average molecular weight is 441 g/mol. The van der Waals surface area contributed by atoms with Crippen LogP contribution in [0, 0.1) is 0 Å². The first kappa shape index (κ1) is 27.0. The normalized spacial score (nSPS) is 13.2. The molecule has 0 spiro atoms. The van der Waals surface area contributed by atoms with Crippen LogP contribution in [-0.4, -0.2) is 92.4 Å². The number of rotatable bonds is 17. The van der Waals surface area contributed by atoms with Crippen molar-refractivity contribution < 1.29 is 8.85 Å². The highest BCUT2D eigenvalue weighted by atomic mass is 33.1. The zero-order valence-electron chi connectivity index (χ0n) is 18.6. The van der Waals surface area contributed by atoms with E-state index in [9.17, 15) is 0 Å². The van der Waals surface area contributed by atoms with Gasteiger partial charge in [0.05, 0.1) is 0 Å². The van der Waals surface area contributed by atoms with Crippen LogP contribution in [-0.2, 0) is 8.85 Å². The summed E-state index contributed by atoms with van der Waals surface area (Å²) in [5.74, 6) is 2.50. The fourth-order valence-corrected chi connectivity index (χ4v) is 8.70. The molecule has 0 atom stereocenters. The molecular weight excluding hydrogens is 397 g/mol. The van der Waals surface area contributed by atoms with E-state index < -0.39 is 16.6 Å². The van der Waals surface area contributed by atoms with Gasteiger partial charge in [0.2, 0.25) is 0 Å². The summed E-state index contributed by atoms with van der Waals surface area (Å²) < 4.78 is 12.3. The Morgan fingerprint density at radius 3 is 1.31 bits per heavy atom. The molecule has 8 heteroatoms. The Morgan fingerprint density at radius 1 is 0.654 bits per heavy atom. The van der Waals surface area contributed by atoms with Gasteiger partial charge in [-0.15, -0.1) is 0 Å². The summed E-state index contributed by atoms with van der Waals surface area (Å²) in [6, 6.07) is 2.54. The molecule has 26 heavy (non-hydrogen) atoms. The molecule has 0 unspecified atom stereocenters. The Morgan fingerprint density at radius 2 is 1.00 bits per heavy atom. The summed E-state index contributed by atoms with van der Waals surface area (Å²) in [5, 5.41) is 0. The van der Waals surface area contributed by atoms with E-state index in [2.05, 4.69) is 64.2 Å². The van der Waals surface area contributed by atoms with Gasteiger partial charge >= 0.3 is 0 Å². The lowest BCUT2D eigenvalue weighted by molar-refractivity contribution is 0.253. The lowest BCUT2D eigenvalue weighted by Gasteiger charge is -2.24. The van der Waals surface area contributed by atoms with E-state index in [0.29, 0.717) is 0 Å². The van der Waals surface area contributed by atoms with E-state index in [1.54, 1.807) is 0 Å². The van der Waals surface area contributed by atoms with Gasteiger partial charge < -0.3 is 18.7 Å². The fraction of sp³-hybridized carbons (Fsp3) is 1.00. The van der Waals surface area contributed by atoms with Gasteiger partial charge in [-0.05, 0) is 79.3 Å². The molecule has 0 N–H and O–H groups in total. The minimum Gasteiger partial charge on any atom is -0.416 e. The zero-order chi connectivity index (χ0) is 20.1. The maximum atomic E-state index is 6.14. The van der Waals surface area contributed by atoms with Gasteiger partial charge in [-0.25, -0.2) is 0 Å². The van der Waals surface area contributed by atoms with E-state index in [1.165, 1.54) is 36.4 Å². The van der Waals surface area contributed by atoms with Crippen LogP contribution in [0.15, 0.2) is 0 Å². The topological polar surface area (TPSA) is 24.9 Å². The molecule has 0 fully saturated rings. The smallest absolute Gasteiger partial charge is 0.186 e. The van der Waals surface area contributed by atoms with Crippen molar-refractivity contribution in [1.82, 2.24) is 9.80 Å². The summed E-state index contributed by atoms with van der Waals surface area (Å²) >= 11 is 0. The Kier molecular flexibility index (Phi) is 15.5. The van der Waals surface area contributed by atoms with Crippen LogP contribution in [0.5, 0.6) is 0 Å². The van der Waals surface area contributed by atoms with Gasteiger partial charge in [-0.1, -0.05) is 21.6 Å². The van der Waals surface area contributed by atoms with E-state index in [0.717, 1.165) is 26.3 Å². The molecule has 0 saturated heterocycles. The summed E-state index contributed by atoms with van der Waals surface area (Å²) in [4.78, 5) is 4.38. The number of hydrogen-bond donors (Lipinski definition) is 0. The highest BCUT2D eigenvalue weighted by Gasteiger charge is 2.22. The van der Waals surface area contributed by atoms with E-state index in [-0.39, 0.29) is 0 Å². The third-order valence-electron chi connectivity index (χ3n) is 4.16. The molecule has 0 aliphatic rings. The Hall–Kier alpha value is 0.974. The van der Waals surface area contributed by atoms with Crippen molar-refractivity contribution in [2.24, 2.45) is 0 Å². The Balaban J connectivity index is 3.57. The largest absolute Gasteiger partial charge is 0.416 e. The van der Waals surface area contributed by atoms with Crippen LogP contribution in [0.25, 0.3) is 0 Å². The number of hydrogen-bond acceptors (Lipinski definition) is 6. The van der Waals surface area contributed by atoms with Crippen LogP contribution in [0.1, 0.15) is 12.8 Å². The van der Waals surface area contributed by atoms with Gasteiger partial charge in [-0.2, -0.15) is 0 Å². The highest BCUT2D eigenvalue weighted by molar-refractivity contribution is 8.76. The van der Waals surface area contributed by atoms with Crippen LogP contribution in [0.3, 0.4) is 0 Å². The summed E-state index contributed by atoms with van der Waals surface area (Å²) in [6.45, 7) is 13.2. The molecule has 0 heterocycles. The maximum absolute atomic E-state index is 6.14. The van der Waals surface area contributed by atoms with Crippen LogP contribution in [0.2, 0.25) is 38.3 Å². The molecule has 0 aromatic rings. The lowest BCUT2D eigenvalue weighted by atomic mass is 10.6. The summed E-state index contributed by atoms with van der Waals surface area (Å²) in [5.41, 5.74) is 0. The second kappa shape index (κ2) is 14.9. The molecular formula is C18H44N2O2S2Si2. The predicted molar refractivity (Wildman–Crippen MR) is 128 cm³/mol. The average Bonchev–Trinajstić information content (AvgIpc) is 2.48. The molecule has 4 nitrogen and oxygen atoms in total. The molecule has 0 bridgehead atoms. The van der Waals surface area contributed by atoms with Crippen molar-refractivity contribution in [3.63, 3.8) is 0 Å². The van der Waals surface area contributed by atoms with Gasteiger partial charge in [0.1, 0.15) is 0 Å². The molecule has 0 saturated carbocycles. The quantitative estimate of drug-likeness (QED) is 0.184. The molecule has 0 aliphatic heterocycles. The SMILES string of the molecule is CN(C)CCO[Si](C)(C)CCCSSCCC[Si](C)(C)OCCN(C)C. The molecule has 158 valence electrons. The molecule has 0 aromatic carbocycles. The van der Waals surface area contributed by atoms with Crippen molar-refractivity contribution in [1.29, 1.82) is 0 Å². The first-order valence-corrected chi connectivity index (χ1v) is 18.6. The first-order chi connectivity index (χ1) is 12.0. The van der Waals surface area contributed by atoms with E-state index >= 15 is 0 Å². The lowest BCUT2D eigenvalue weighted by Crippen LogP contribution is -2.33. The monoisotopic (exact) mass is 440 g/mol. The fourth-order valence-electron chi connectivity index (χ4n) is 2.38. The summed E-state index contributed by atoms with van der Waals surface area (Å²) in [7, 11) is 9.58. The van der Waals surface area contributed by atoms with Crippen LogP contribution >= 0.6 is 21.6 Å². The molecule has 0 aliphatic carbocycles. The first-order valence-electron chi connectivity index (χ1n) is 9.86. The Labute approximate surface area is 173 Å². The van der Waals surface area contributed by atoms with Crippen LogP contribution < -0.4 is 0 Å². The molecule has 0 aromatic heterocycles. The molecule has 0 rings (SSSR count). The van der Waals surface area contributed by atoms with Gasteiger partial charge in [-0.3, -0.25) is 0 Å². The third-order valence-corrected chi connectivity index (χ3v) is 11.8. The minimum atomic E-state index is -1.46. The van der Waals surface area contributed by atoms with E-state index in [1.807, 2.05) is 21.6 Å². The predicted octanol–water partition coefficient (Wildman–Crippen LogP) is 4.71. The second-order valence-electron chi connectivity index (χ2n) is 8.67. The van der Waals surface area contributed by atoms with Gasteiger partial charge in [0, 0.05) is 37.8 Å². The van der Waals surface area contributed by atoms with E-state index in [4.69, 9.17) is 8.85 Å². The van der Waals surface area contributed by atoms with Crippen molar-refractivity contribution in [2.75, 3.05) is 66.0 Å². The van der Waals surface area contributed by atoms with Gasteiger partial charge in [0.15, 0.2) is 16.6 Å². The second-order valence-corrected chi connectivity index (χ2v) is 20.0. The van der Waals surface area contributed by atoms with Crippen molar-refractivity contribution in [3.8, 4) is 0 Å². The molecule has 0 amide bonds. The Bertz CT molecular complexity index is 315. The maximum Gasteiger partial charge on any atom is 0.186 e. The molecule has 0 radical (unpaired) electrons. The van der Waals surface area contributed by atoms with Gasteiger partial charge in [0.25, 0.3) is 0 Å². The zero-order valence-corrected chi connectivity index (χ0v) is 22.2. The third kappa shape index (κ3) is 18.3. The van der Waals surface area contributed by atoms with Crippen molar-refractivity contribution in [2.45, 2.75) is 51.1 Å². The number of nitrogens with zero attached hydrogens (tertiary/aromatic N) is 2. The minimum absolute atomic E-state index is 0.879.